The van der Waals surface area contributed by atoms with E-state index in [0.29, 0.717) is 30.2 Å². The molecule has 9 heteroatoms. The molecule has 1 aromatic heterocycles. The number of ether oxygens (including phenoxy) is 1. The highest BCUT2D eigenvalue weighted by molar-refractivity contribution is 5.97. The highest BCUT2D eigenvalue weighted by atomic mass is 16.5. The van der Waals surface area contributed by atoms with Gasteiger partial charge < -0.3 is 20.5 Å². The predicted octanol–water partition coefficient (Wildman–Crippen LogP) is 4.43. The van der Waals surface area contributed by atoms with E-state index >= 15 is 0 Å². The van der Waals surface area contributed by atoms with Crippen LogP contribution >= 0.6 is 0 Å². The average molecular weight is 476 g/mol. The van der Waals surface area contributed by atoms with Crippen molar-refractivity contribution in [3.05, 3.63) is 83.7 Å². The minimum Gasteiger partial charge on any atom is -0.481 e. The average Bonchev–Trinajstić information content (AvgIpc) is 2.82. The number of carboxylic acid groups (broad SMARTS) is 1. The highest BCUT2D eigenvalue weighted by Gasteiger charge is 2.07. The molecule has 9 nitrogen and oxygen atoms in total. The lowest BCUT2D eigenvalue weighted by atomic mass is 10.1. The van der Waals surface area contributed by atoms with E-state index in [2.05, 4.69) is 25.9 Å². The molecule has 0 aliphatic carbocycles. The maximum Gasteiger partial charge on any atom is 0.321 e. The minimum absolute atomic E-state index is 0.0135. The van der Waals surface area contributed by atoms with Gasteiger partial charge in [-0.2, -0.15) is 0 Å². The van der Waals surface area contributed by atoms with E-state index in [0.717, 1.165) is 16.8 Å². The fraction of sp³-hybridized carbons (Fsp3) is 0.231. The van der Waals surface area contributed by atoms with Gasteiger partial charge in [0.2, 0.25) is 5.96 Å². The molecular formula is C26H29N5O4. The fourth-order valence-electron chi connectivity index (χ4n) is 3.03. The quantitative estimate of drug-likeness (QED) is 0.206. The van der Waals surface area contributed by atoms with E-state index in [1.807, 2.05) is 44.2 Å². The SMILES string of the molecule is Cc1ccc(CN/C(=N/c2ccc(Oc3ccnc(C)c3)cc2)NC(=O)NCCCC(=O)O)cc1. The number of hydrogen-bond acceptors (Lipinski definition) is 5. The Labute approximate surface area is 204 Å². The normalized spacial score (nSPS) is 11.0. The van der Waals surface area contributed by atoms with Crippen molar-refractivity contribution in [2.45, 2.75) is 33.2 Å². The fourth-order valence-corrected chi connectivity index (χ4v) is 3.03. The Balaban J connectivity index is 1.67. The van der Waals surface area contributed by atoms with Gasteiger partial charge in [0.25, 0.3) is 0 Å². The van der Waals surface area contributed by atoms with Crippen LogP contribution in [-0.2, 0) is 11.3 Å². The van der Waals surface area contributed by atoms with Gasteiger partial charge in [0, 0.05) is 37.5 Å². The van der Waals surface area contributed by atoms with Crippen molar-refractivity contribution in [3.8, 4) is 11.5 Å². The number of urea groups is 1. The number of aryl methyl sites for hydroxylation is 2. The maximum absolute atomic E-state index is 12.3. The van der Waals surface area contributed by atoms with Gasteiger partial charge in [0.15, 0.2) is 0 Å². The van der Waals surface area contributed by atoms with Crippen LogP contribution in [0.1, 0.15) is 29.7 Å². The number of carbonyl (C=O) groups is 2. The second-order valence-corrected chi connectivity index (χ2v) is 7.91. The van der Waals surface area contributed by atoms with Gasteiger partial charge in [-0.15, -0.1) is 0 Å². The van der Waals surface area contributed by atoms with Gasteiger partial charge in [-0.25, -0.2) is 9.79 Å². The van der Waals surface area contributed by atoms with Crippen LogP contribution in [0.4, 0.5) is 10.5 Å². The molecule has 1 heterocycles. The molecule has 0 radical (unpaired) electrons. The van der Waals surface area contributed by atoms with Crippen LogP contribution < -0.4 is 20.7 Å². The summed E-state index contributed by atoms with van der Waals surface area (Å²) in [5.41, 5.74) is 3.66. The van der Waals surface area contributed by atoms with E-state index in [9.17, 15) is 9.59 Å². The first-order valence-corrected chi connectivity index (χ1v) is 11.2. The predicted molar refractivity (Wildman–Crippen MR) is 134 cm³/mol. The molecule has 35 heavy (non-hydrogen) atoms. The highest BCUT2D eigenvalue weighted by Crippen LogP contribution is 2.24. The molecule has 0 spiro atoms. The molecule has 2 aromatic carbocycles. The van der Waals surface area contributed by atoms with E-state index < -0.39 is 12.0 Å². The lowest BCUT2D eigenvalue weighted by Crippen LogP contribution is -2.45. The number of nitrogens with one attached hydrogen (secondary N) is 3. The number of nitrogens with zero attached hydrogens (tertiary/aromatic N) is 2. The summed E-state index contributed by atoms with van der Waals surface area (Å²) in [6, 6.07) is 18.3. The van der Waals surface area contributed by atoms with E-state index in [-0.39, 0.29) is 18.9 Å². The summed E-state index contributed by atoms with van der Waals surface area (Å²) in [6.45, 7) is 4.61. The molecule has 0 unspecified atom stereocenters. The number of amides is 2. The summed E-state index contributed by atoms with van der Waals surface area (Å²) < 4.78 is 5.84. The molecule has 0 fully saturated rings. The first-order valence-electron chi connectivity index (χ1n) is 11.2. The number of hydrogen-bond donors (Lipinski definition) is 4. The van der Waals surface area contributed by atoms with Gasteiger partial charge in [-0.05, 0) is 56.2 Å². The van der Waals surface area contributed by atoms with E-state index in [4.69, 9.17) is 9.84 Å². The molecule has 0 saturated carbocycles. The summed E-state index contributed by atoms with van der Waals surface area (Å²) in [6.07, 6.45) is 2.01. The summed E-state index contributed by atoms with van der Waals surface area (Å²) >= 11 is 0. The standard InChI is InChI=1S/C26H29N5O4/c1-18-5-7-20(8-6-18)17-29-25(31-26(34)28-14-3-4-24(32)33)30-21-9-11-22(12-10-21)35-23-13-15-27-19(2)16-23/h5-13,15-16H,3-4,14,17H2,1-2H3,(H,32,33)(H3,28,29,30,31,34). The molecule has 0 bridgehead atoms. The van der Waals surface area contributed by atoms with Crippen LogP contribution in [0.15, 0.2) is 71.9 Å². The van der Waals surface area contributed by atoms with E-state index in [1.165, 1.54) is 0 Å². The van der Waals surface area contributed by atoms with Crippen LogP contribution in [0.25, 0.3) is 0 Å². The second-order valence-electron chi connectivity index (χ2n) is 7.91. The van der Waals surface area contributed by atoms with Crippen molar-refractivity contribution >= 4 is 23.6 Å². The van der Waals surface area contributed by atoms with Gasteiger partial charge >= 0.3 is 12.0 Å². The van der Waals surface area contributed by atoms with Gasteiger partial charge in [0.05, 0.1) is 5.69 Å². The number of aromatic nitrogens is 1. The Kier molecular flexibility index (Phi) is 9.18. The first kappa shape index (κ1) is 25.2. The third kappa shape index (κ3) is 9.17. The summed E-state index contributed by atoms with van der Waals surface area (Å²) in [4.78, 5) is 31.6. The number of rotatable bonds is 9. The van der Waals surface area contributed by atoms with Crippen LogP contribution in [0.3, 0.4) is 0 Å². The van der Waals surface area contributed by atoms with Crippen molar-refractivity contribution in [3.63, 3.8) is 0 Å². The van der Waals surface area contributed by atoms with Gasteiger partial charge in [-0.3, -0.25) is 15.1 Å². The molecule has 4 N–H and O–H groups in total. The summed E-state index contributed by atoms with van der Waals surface area (Å²) in [5.74, 6) is 0.698. The maximum atomic E-state index is 12.3. The number of aliphatic carboxylic acids is 1. The Morgan fingerprint density at radius 3 is 2.40 bits per heavy atom. The van der Waals surface area contributed by atoms with Crippen LogP contribution in [0.2, 0.25) is 0 Å². The summed E-state index contributed by atoms with van der Waals surface area (Å²) in [5, 5.41) is 17.2. The molecule has 182 valence electrons. The number of carbonyl (C=O) groups excluding carboxylic acids is 1. The zero-order chi connectivity index (χ0) is 25.0. The monoisotopic (exact) mass is 475 g/mol. The largest absolute Gasteiger partial charge is 0.481 e. The lowest BCUT2D eigenvalue weighted by molar-refractivity contribution is -0.137. The topological polar surface area (TPSA) is 125 Å². The summed E-state index contributed by atoms with van der Waals surface area (Å²) in [7, 11) is 0. The van der Waals surface area contributed by atoms with Crippen LogP contribution in [-0.4, -0.2) is 34.6 Å². The number of pyridine rings is 1. The van der Waals surface area contributed by atoms with Gasteiger partial charge in [-0.1, -0.05) is 29.8 Å². The smallest absolute Gasteiger partial charge is 0.321 e. The molecule has 0 aliphatic rings. The zero-order valence-corrected chi connectivity index (χ0v) is 19.7. The second kappa shape index (κ2) is 12.7. The van der Waals surface area contributed by atoms with E-state index in [1.54, 1.807) is 36.5 Å². The molecule has 0 atom stereocenters. The Hall–Kier alpha value is -4.40. The molecule has 3 rings (SSSR count). The van der Waals surface area contributed by atoms with Gasteiger partial charge in [0.1, 0.15) is 11.5 Å². The minimum atomic E-state index is -0.902. The molecule has 2 amide bonds. The lowest BCUT2D eigenvalue weighted by Gasteiger charge is -2.13. The molecular weight excluding hydrogens is 446 g/mol. The Morgan fingerprint density at radius 2 is 1.71 bits per heavy atom. The van der Waals surface area contributed by atoms with Crippen molar-refractivity contribution in [2.24, 2.45) is 4.99 Å². The van der Waals surface area contributed by atoms with Crippen molar-refractivity contribution in [1.29, 1.82) is 0 Å². The zero-order valence-electron chi connectivity index (χ0n) is 19.7. The molecule has 0 saturated heterocycles. The number of aliphatic imine (C=N–C) groups is 1. The third-order valence-electron chi connectivity index (χ3n) is 4.85. The number of guanidine groups is 1. The van der Waals surface area contributed by atoms with Crippen LogP contribution in [0, 0.1) is 13.8 Å². The van der Waals surface area contributed by atoms with Crippen molar-refractivity contribution in [1.82, 2.24) is 20.9 Å². The molecule has 3 aromatic rings. The molecule has 0 aliphatic heterocycles. The number of benzene rings is 2. The first-order chi connectivity index (χ1) is 16.9. The Morgan fingerprint density at radius 1 is 0.971 bits per heavy atom. The Bertz CT molecular complexity index is 1160. The number of carboxylic acids is 1. The third-order valence-corrected chi connectivity index (χ3v) is 4.85. The van der Waals surface area contributed by atoms with Crippen molar-refractivity contribution in [2.75, 3.05) is 6.54 Å². The van der Waals surface area contributed by atoms with Crippen LogP contribution in [0.5, 0.6) is 11.5 Å². The van der Waals surface area contributed by atoms with Crippen molar-refractivity contribution < 1.29 is 19.4 Å².